The summed E-state index contributed by atoms with van der Waals surface area (Å²) in [5.74, 6) is 0.517. The van der Waals surface area contributed by atoms with Gasteiger partial charge in [0.15, 0.2) is 0 Å². The molecule has 2 aromatic carbocycles. The van der Waals surface area contributed by atoms with E-state index in [1.54, 1.807) is 25.4 Å². The van der Waals surface area contributed by atoms with Gasteiger partial charge >= 0.3 is 0 Å². The largest absolute Gasteiger partial charge is 0.494 e. The van der Waals surface area contributed by atoms with E-state index in [0.29, 0.717) is 29.6 Å². The third-order valence-corrected chi connectivity index (χ3v) is 6.97. The van der Waals surface area contributed by atoms with Crippen LogP contribution in [0.25, 0.3) is 22.2 Å². The first-order valence-electron chi connectivity index (χ1n) is 13.5. The molecule has 3 N–H and O–H groups in total. The molecule has 0 atom stereocenters. The zero-order valence-electron chi connectivity index (χ0n) is 24.3. The highest BCUT2D eigenvalue weighted by Crippen LogP contribution is 2.38. The molecule has 42 heavy (non-hydrogen) atoms. The van der Waals surface area contributed by atoms with Crippen molar-refractivity contribution in [1.29, 1.82) is 0 Å². The molecule has 1 amide bonds. The number of fused-ring (bicyclic) bond motifs is 1. The monoisotopic (exact) mass is 566 g/mol. The predicted molar refractivity (Wildman–Crippen MR) is 167 cm³/mol. The summed E-state index contributed by atoms with van der Waals surface area (Å²) in [5, 5.41) is 7.35. The number of ether oxygens (including phenoxy) is 1. The van der Waals surface area contributed by atoms with E-state index in [-0.39, 0.29) is 11.1 Å². The molecule has 0 aliphatic carbocycles. The third kappa shape index (κ3) is 6.11. The Morgan fingerprint density at radius 3 is 2.62 bits per heavy atom. The summed E-state index contributed by atoms with van der Waals surface area (Å²) >= 11 is 0. The quantitative estimate of drug-likeness (QED) is 0.229. The van der Waals surface area contributed by atoms with E-state index in [9.17, 15) is 9.59 Å². The number of carbonyl (C=O) groups is 1. The zero-order valence-corrected chi connectivity index (χ0v) is 24.3. The van der Waals surface area contributed by atoms with Crippen molar-refractivity contribution in [3.05, 3.63) is 89.1 Å². The van der Waals surface area contributed by atoms with Gasteiger partial charge in [0.2, 0.25) is 11.5 Å². The Labute approximate surface area is 243 Å². The number of aryl methyl sites for hydroxylation is 1. The van der Waals surface area contributed by atoms with E-state index in [1.807, 2.05) is 57.4 Å². The van der Waals surface area contributed by atoms with Gasteiger partial charge in [0.25, 0.3) is 5.91 Å². The van der Waals surface area contributed by atoms with Crippen molar-refractivity contribution < 1.29 is 9.53 Å². The molecule has 5 rings (SSSR count). The molecule has 0 saturated heterocycles. The van der Waals surface area contributed by atoms with Gasteiger partial charge in [-0.25, -0.2) is 9.97 Å². The van der Waals surface area contributed by atoms with E-state index in [1.165, 1.54) is 12.3 Å². The molecule has 3 aromatic heterocycles. The number of benzene rings is 2. The van der Waals surface area contributed by atoms with Gasteiger partial charge in [-0.15, -0.1) is 0 Å². The molecular formula is C31H34N8O3. The number of aromatic amines is 1. The number of rotatable bonds is 10. The maximum absolute atomic E-state index is 13.2. The van der Waals surface area contributed by atoms with Gasteiger partial charge in [-0.1, -0.05) is 18.2 Å². The first-order chi connectivity index (χ1) is 20.2. The minimum atomic E-state index is -0.409. The number of pyridine rings is 1. The van der Waals surface area contributed by atoms with Gasteiger partial charge in [-0.2, -0.15) is 0 Å². The summed E-state index contributed by atoms with van der Waals surface area (Å²) in [6.45, 7) is 1.50. The van der Waals surface area contributed by atoms with Crippen LogP contribution in [0.2, 0.25) is 0 Å². The van der Waals surface area contributed by atoms with Gasteiger partial charge in [0.1, 0.15) is 5.75 Å². The van der Waals surface area contributed by atoms with Crippen molar-refractivity contribution in [3.63, 3.8) is 0 Å². The smallest absolute Gasteiger partial charge is 0.255 e. The van der Waals surface area contributed by atoms with Gasteiger partial charge in [-0.3, -0.25) is 9.59 Å². The minimum Gasteiger partial charge on any atom is -0.494 e. The van der Waals surface area contributed by atoms with Crippen molar-refractivity contribution in [1.82, 2.24) is 24.4 Å². The van der Waals surface area contributed by atoms with E-state index in [2.05, 4.69) is 48.4 Å². The lowest BCUT2D eigenvalue weighted by Gasteiger charge is -2.26. The third-order valence-electron chi connectivity index (χ3n) is 6.97. The zero-order chi connectivity index (χ0) is 29.8. The van der Waals surface area contributed by atoms with Crippen LogP contribution in [-0.2, 0) is 7.05 Å². The number of hydrogen-bond acceptors (Lipinski definition) is 8. The Morgan fingerprint density at radius 2 is 1.86 bits per heavy atom. The number of para-hydroxylation sites is 1. The number of likely N-dealkylation sites (N-methyl/N-ethyl adjacent to an activating group) is 2. The fraction of sp³-hybridized carbons (Fsp3) is 0.226. The van der Waals surface area contributed by atoms with Crippen LogP contribution in [0.5, 0.6) is 5.75 Å². The molecule has 0 saturated carbocycles. The van der Waals surface area contributed by atoms with Crippen molar-refractivity contribution in [2.24, 2.45) is 7.05 Å². The van der Waals surface area contributed by atoms with E-state index in [0.717, 1.165) is 34.4 Å². The van der Waals surface area contributed by atoms with Crippen molar-refractivity contribution >= 4 is 39.8 Å². The SMILES string of the molecule is COc1cc(N(C)CCN(C)C)c(NC(=O)c2cc[nH]c(=O)c2)cc1Nc1nccc(-c2cn(C)c3ccccc23)n1. The summed E-state index contributed by atoms with van der Waals surface area (Å²) in [6.07, 6.45) is 5.21. The van der Waals surface area contributed by atoms with Crippen LogP contribution in [0.4, 0.5) is 23.0 Å². The molecule has 11 nitrogen and oxygen atoms in total. The van der Waals surface area contributed by atoms with Gasteiger partial charge in [-0.05, 0) is 38.4 Å². The van der Waals surface area contributed by atoms with Gasteiger partial charge < -0.3 is 34.7 Å². The number of H-pyrrole nitrogens is 1. The first-order valence-corrected chi connectivity index (χ1v) is 13.5. The van der Waals surface area contributed by atoms with E-state index < -0.39 is 5.91 Å². The molecule has 0 aliphatic rings. The number of anilines is 4. The average Bonchev–Trinajstić information content (AvgIpc) is 3.32. The molecule has 3 heterocycles. The molecule has 0 spiro atoms. The number of carbonyl (C=O) groups excluding carboxylic acids is 1. The molecule has 0 unspecified atom stereocenters. The van der Waals surface area contributed by atoms with Crippen molar-refractivity contribution in [2.45, 2.75) is 0 Å². The lowest BCUT2D eigenvalue weighted by molar-refractivity contribution is 0.102. The standard InChI is InChI=1S/C31H34N8O3/c1-37(2)14-15-38(3)27-18-28(42-5)25(17-24(27)34-30(41)20-10-12-32-29(40)16-20)36-31-33-13-11-23(35-31)22-19-39(4)26-9-7-6-8-21(22)26/h6-13,16-19H,14-15H2,1-5H3,(H,32,40)(H,34,41)(H,33,35,36). The van der Waals surface area contributed by atoms with Crippen LogP contribution in [0.15, 0.2) is 78.0 Å². The summed E-state index contributed by atoms with van der Waals surface area (Å²) in [6, 6.07) is 16.5. The average molecular weight is 567 g/mol. The van der Waals surface area contributed by atoms with Crippen LogP contribution in [0.1, 0.15) is 10.4 Å². The van der Waals surface area contributed by atoms with Gasteiger partial charge in [0, 0.05) is 79.9 Å². The number of nitrogens with one attached hydrogen (secondary N) is 3. The molecule has 216 valence electrons. The minimum absolute atomic E-state index is 0.247. The fourth-order valence-corrected chi connectivity index (χ4v) is 4.74. The summed E-state index contributed by atoms with van der Waals surface area (Å²) < 4.78 is 7.83. The van der Waals surface area contributed by atoms with Crippen LogP contribution in [-0.4, -0.2) is 71.7 Å². The number of amides is 1. The van der Waals surface area contributed by atoms with Crippen molar-refractivity contribution in [2.75, 3.05) is 56.9 Å². The highest BCUT2D eigenvalue weighted by Gasteiger charge is 2.18. The fourth-order valence-electron chi connectivity index (χ4n) is 4.74. The topological polar surface area (TPSA) is 120 Å². The Balaban J connectivity index is 1.52. The second-order valence-corrected chi connectivity index (χ2v) is 10.3. The first kappa shape index (κ1) is 28.4. The predicted octanol–water partition coefficient (Wildman–Crippen LogP) is 4.33. The number of aromatic nitrogens is 4. The molecule has 0 bridgehead atoms. The Morgan fingerprint density at radius 1 is 1.05 bits per heavy atom. The maximum atomic E-state index is 13.2. The van der Waals surface area contributed by atoms with E-state index >= 15 is 0 Å². The summed E-state index contributed by atoms with van der Waals surface area (Å²) in [5.41, 5.74) is 4.62. The highest BCUT2D eigenvalue weighted by atomic mass is 16.5. The Hall–Kier alpha value is -5.16. The van der Waals surface area contributed by atoms with Crippen LogP contribution in [0.3, 0.4) is 0 Å². The highest BCUT2D eigenvalue weighted by molar-refractivity contribution is 6.06. The van der Waals surface area contributed by atoms with E-state index in [4.69, 9.17) is 9.72 Å². The van der Waals surface area contributed by atoms with Crippen molar-refractivity contribution in [3.8, 4) is 17.0 Å². The molecule has 0 fully saturated rings. The van der Waals surface area contributed by atoms with Crippen LogP contribution < -0.4 is 25.8 Å². The maximum Gasteiger partial charge on any atom is 0.255 e. The Bertz CT molecular complexity index is 1790. The molecule has 0 aliphatic heterocycles. The van der Waals surface area contributed by atoms with Gasteiger partial charge in [0.05, 0.1) is 29.9 Å². The lowest BCUT2D eigenvalue weighted by atomic mass is 10.1. The molecule has 5 aromatic rings. The number of hydrogen-bond donors (Lipinski definition) is 3. The molecule has 11 heteroatoms. The Kier molecular flexibility index (Phi) is 8.21. The van der Waals surface area contributed by atoms with Crippen LogP contribution >= 0.6 is 0 Å². The summed E-state index contributed by atoms with van der Waals surface area (Å²) in [4.78, 5) is 40.9. The second kappa shape index (κ2) is 12.1. The number of nitrogens with zero attached hydrogens (tertiary/aromatic N) is 5. The van der Waals surface area contributed by atoms with Crippen LogP contribution in [0, 0.1) is 0 Å². The molecular weight excluding hydrogens is 532 g/mol. The second-order valence-electron chi connectivity index (χ2n) is 10.3. The summed E-state index contributed by atoms with van der Waals surface area (Å²) in [7, 11) is 9.55. The lowest BCUT2D eigenvalue weighted by Crippen LogP contribution is -2.29. The molecule has 0 radical (unpaired) electrons. The number of methoxy groups -OCH3 is 1. The normalized spacial score (nSPS) is 11.1.